The molecule has 2 heterocycles. The highest BCUT2D eigenvalue weighted by Crippen LogP contribution is 2.47. The second-order valence-electron chi connectivity index (χ2n) is 4.99. The van der Waals surface area contributed by atoms with Crippen LogP contribution in [0.2, 0.25) is 0 Å². The molecule has 0 saturated carbocycles. The Morgan fingerprint density at radius 1 is 1.32 bits per heavy atom. The van der Waals surface area contributed by atoms with Crippen LogP contribution >= 0.6 is 0 Å². The zero-order valence-electron chi connectivity index (χ0n) is 10.5. The van der Waals surface area contributed by atoms with Crippen molar-refractivity contribution < 1.29 is 17.9 Å². The van der Waals surface area contributed by atoms with E-state index in [1.54, 1.807) is 6.07 Å². The van der Waals surface area contributed by atoms with Crippen molar-refractivity contribution in [1.82, 2.24) is 5.32 Å². The first kappa shape index (κ1) is 12.6. The first-order chi connectivity index (χ1) is 9.00. The van der Waals surface area contributed by atoms with Crippen LogP contribution in [0.1, 0.15) is 23.5 Å². The monoisotopic (exact) mass is 272 g/mol. The molecule has 0 aromatic heterocycles. The lowest BCUT2D eigenvalue weighted by Gasteiger charge is -2.26. The predicted octanol–water partition coefficient (Wildman–Crippen LogP) is 2.58. The molecule has 3 nitrogen and oxygen atoms in total. The normalized spacial score (nSPS) is 25.5. The first-order valence-electron chi connectivity index (χ1n) is 6.27. The van der Waals surface area contributed by atoms with E-state index in [1.165, 1.54) is 7.11 Å². The van der Waals surface area contributed by atoms with Gasteiger partial charge in [-0.05, 0) is 30.7 Å². The van der Waals surface area contributed by atoms with Gasteiger partial charge in [0, 0.05) is 18.5 Å². The zero-order valence-corrected chi connectivity index (χ0v) is 10.5. The predicted molar refractivity (Wildman–Crippen MR) is 65.6 cm³/mol. The average Bonchev–Trinajstić information content (AvgIpc) is 2.74. The van der Waals surface area contributed by atoms with Gasteiger partial charge >= 0.3 is 6.18 Å². The molecular weight excluding hydrogens is 257 g/mol. The molecule has 0 radical (unpaired) electrons. The van der Waals surface area contributed by atoms with E-state index in [1.807, 2.05) is 0 Å². The highest BCUT2D eigenvalue weighted by atomic mass is 19.4. The number of hydrogen-bond donors (Lipinski definition) is 2. The summed E-state index contributed by atoms with van der Waals surface area (Å²) in [6.45, 7) is 1.54. The fraction of sp³-hybridized carbons (Fsp3) is 0.538. The number of ether oxygens (including phenoxy) is 1. The number of alkyl halides is 3. The van der Waals surface area contributed by atoms with E-state index in [4.69, 9.17) is 4.74 Å². The Kier molecular flexibility index (Phi) is 2.85. The summed E-state index contributed by atoms with van der Waals surface area (Å²) in [6.07, 6.45) is -3.54. The molecule has 0 unspecified atom stereocenters. The van der Waals surface area contributed by atoms with Gasteiger partial charge in [-0.2, -0.15) is 13.2 Å². The highest BCUT2D eigenvalue weighted by molar-refractivity contribution is 5.68. The third-order valence-electron chi connectivity index (χ3n) is 3.89. The highest BCUT2D eigenvalue weighted by Gasteiger charge is 2.42. The number of anilines is 1. The van der Waals surface area contributed by atoms with Crippen LogP contribution < -0.4 is 15.4 Å². The Bertz CT molecular complexity index is 501. The van der Waals surface area contributed by atoms with Gasteiger partial charge in [0.15, 0.2) is 0 Å². The molecular formula is C13H15F3N2O. The van der Waals surface area contributed by atoms with Crippen LogP contribution in [0, 0.1) is 0 Å². The van der Waals surface area contributed by atoms with Crippen LogP contribution in [0.4, 0.5) is 18.9 Å². The van der Waals surface area contributed by atoms with E-state index >= 15 is 0 Å². The lowest BCUT2D eigenvalue weighted by molar-refractivity contribution is -0.137. The number of fused-ring (bicyclic) bond motifs is 3. The van der Waals surface area contributed by atoms with Crippen molar-refractivity contribution >= 4 is 5.69 Å². The summed E-state index contributed by atoms with van der Waals surface area (Å²) in [5.41, 5.74) is 0.312. The molecule has 0 amide bonds. The van der Waals surface area contributed by atoms with E-state index in [0.717, 1.165) is 19.0 Å². The number of methoxy groups -OCH3 is 1. The maximum Gasteiger partial charge on any atom is 0.418 e. The van der Waals surface area contributed by atoms with Gasteiger partial charge in [-0.25, -0.2) is 0 Å². The van der Waals surface area contributed by atoms with Crippen molar-refractivity contribution in [3.05, 3.63) is 23.3 Å². The zero-order chi connectivity index (χ0) is 13.6. The van der Waals surface area contributed by atoms with E-state index < -0.39 is 11.7 Å². The molecule has 1 fully saturated rings. The van der Waals surface area contributed by atoms with Crippen molar-refractivity contribution in [2.24, 2.45) is 0 Å². The van der Waals surface area contributed by atoms with Crippen LogP contribution in [0.25, 0.3) is 0 Å². The van der Waals surface area contributed by atoms with Crippen LogP contribution in [-0.4, -0.2) is 26.2 Å². The molecule has 19 heavy (non-hydrogen) atoms. The number of nitrogens with one attached hydrogen (secondary N) is 2. The minimum atomic E-state index is -4.37. The Morgan fingerprint density at radius 2 is 2.11 bits per heavy atom. The Hall–Kier alpha value is -1.43. The summed E-state index contributed by atoms with van der Waals surface area (Å²) < 4.78 is 44.4. The molecule has 1 saturated heterocycles. The molecule has 1 aromatic carbocycles. The average molecular weight is 272 g/mol. The van der Waals surface area contributed by atoms with E-state index in [-0.39, 0.29) is 23.4 Å². The fourth-order valence-corrected chi connectivity index (χ4v) is 2.98. The smallest absolute Gasteiger partial charge is 0.418 e. The third-order valence-corrected chi connectivity index (χ3v) is 3.89. The quantitative estimate of drug-likeness (QED) is 0.824. The largest absolute Gasteiger partial charge is 0.497 e. The minimum absolute atomic E-state index is 0.0833. The Labute approximate surface area is 109 Å². The molecule has 3 rings (SSSR count). The van der Waals surface area contributed by atoms with E-state index in [2.05, 4.69) is 10.6 Å². The lowest BCUT2D eigenvalue weighted by Crippen LogP contribution is -2.38. The van der Waals surface area contributed by atoms with Gasteiger partial charge < -0.3 is 15.4 Å². The van der Waals surface area contributed by atoms with E-state index in [0.29, 0.717) is 12.1 Å². The summed E-state index contributed by atoms with van der Waals surface area (Å²) in [5.74, 6) is 0.346. The number of halogens is 3. The summed E-state index contributed by atoms with van der Waals surface area (Å²) in [7, 11) is 1.39. The lowest BCUT2D eigenvalue weighted by atomic mass is 9.89. The summed E-state index contributed by atoms with van der Waals surface area (Å²) in [5, 5.41) is 6.28. The number of rotatable bonds is 1. The van der Waals surface area contributed by atoms with E-state index in [9.17, 15) is 13.2 Å². The van der Waals surface area contributed by atoms with Gasteiger partial charge in [0.05, 0.1) is 18.4 Å². The van der Waals surface area contributed by atoms with Crippen molar-refractivity contribution in [3.8, 4) is 5.75 Å². The van der Waals surface area contributed by atoms with Crippen LogP contribution in [0.3, 0.4) is 0 Å². The van der Waals surface area contributed by atoms with Gasteiger partial charge in [0.25, 0.3) is 0 Å². The topological polar surface area (TPSA) is 33.3 Å². The first-order valence-corrected chi connectivity index (χ1v) is 6.27. The van der Waals surface area contributed by atoms with Gasteiger partial charge in [0.1, 0.15) is 5.75 Å². The fourth-order valence-electron chi connectivity index (χ4n) is 2.98. The number of benzene rings is 1. The van der Waals surface area contributed by atoms with Gasteiger partial charge in [0.2, 0.25) is 0 Å². The van der Waals surface area contributed by atoms with Crippen molar-refractivity contribution in [2.45, 2.75) is 24.6 Å². The van der Waals surface area contributed by atoms with Gasteiger partial charge in [-0.1, -0.05) is 0 Å². The maximum absolute atomic E-state index is 13.1. The molecule has 0 spiro atoms. The molecule has 2 aliphatic heterocycles. The Balaban J connectivity index is 2.12. The molecule has 6 heteroatoms. The molecule has 104 valence electrons. The van der Waals surface area contributed by atoms with Crippen molar-refractivity contribution in [3.63, 3.8) is 0 Å². The van der Waals surface area contributed by atoms with Crippen molar-refractivity contribution in [1.29, 1.82) is 0 Å². The second kappa shape index (κ2) is 4.30. The summed E-state index contributed by atoms with van der Waals surface area (Å²) in [6, 6.07) is 2.87. The SMILES string of the molecule is COc1cc2c(c(C(F)(F)F)c1)N[C@@H]1CCNC[C@H]21. The molecule has 0 bridgehead atoms. The third kappa shape index (κ3) is 2.04. The van der Waals surface area contributed by atoms with Gasteiger partial charge in [-0.15, -0.1) is 0 Å². The standard InChI is InChI=1S/C13H15F3N2O/c1-19-7-4-8-9-6-17-3-2-11(9)18-12(8)10(5-7)13(14,15)16/h4-5,9,11,17-18H,2-3,6H2,1H3/t9-,11-/m1/s1. The second-order valence-corrected chi connectivity index (χ2v) is 4.99. The maximum atomic E-state index is 13.1. The molecule has 0 aliphatic carbocycles. The summed E-state index contributed by atoms with van der Waals surface area (Å²) >= 11 is 0. The summed E-state index contributed by atoms with van der Waals surface area (Å²) in [4.78, 5) is 0. The van der Waals surface area contributed by atoms with Gasteiger partial charge in [-0.3, -0.25) is 0 Å². The van der Waals surface area contributed by atoms with Crippen LogP contribution in [0.5, 0.6) is 5.75 Å². The molecule has 1 aromatic rings. The molecule has 2 N–H and O–H groups in total. The van der Waals surface area contributed by atoms with Crippen LogP contribution in [0.15, 0.2) is 12.1 Å². The molecule has 2 aliphatic rings. The Morgan fingerprint density at radius 3 is 2.79 bits per heavy atom. The number of piperidine rings is 1. The number of hydrogen-bond acceptors (Lipinski definition) is 3. The van der Waals surface area contributed by atoms with Crippen molar-refractivity contribution in [2.75, 3.05) is 25.5 Å². The molecule has 2 atom stereocenters. The minimum Gasteiger partial charge on any atom is -0.497 e. The van der Waals surface area contributed by atoms with Crippen LogP contribution in [-0.2, 0) is 6.18 Å².